The van der Waals surface area contributed by atoms with Gasteiger partial charge in [0.05, 0.1) is 0 Å². The van der Waals surface area contributed by atoms with Gasteiger partial charge in [0.15, 0.2) is 5.78 Å². The van der Waals surface area contributed by atoms with Gasteiger partial charge in [-0.2, -0.15) is 0 Å². The summed E-state index contributed by atoms with van der Waals surface area (Å²) >= 11 is 0. The largest absolute Gasteiger partial charge is 0.328 e. The van der Waals surface area contributed by atoms with Crippen molar-refractivity contribution in [2.45, 2.75) is 0 Å². The molecule has 6 heteroatoms. The minimum atomic E-state index is -1.16. The number of hydrogen-bond acceptors (Lipinski definition) is 4. The molecule has 0 spiro atoms. The second-order valence-electron chi connectivity index (χ2n) is 3.49. The molecule has 17 heavy (non-hydrogen) atoms. The summed E-state index contributed by atoms with van der Waals surface area (Å²) in [5, 5.41) is 3.91. The molecule has 1 saturated heterocycles. The average Bonchev–Trinajstić information content (AvgIpc) is 2.25. The van der Waals surface area contributed by atoms with E-state index in [0.717, 1.165) is 0 Å². The Morgan fingerprint density at radius 2 is 1.53 bits per heavy atom. The minimum Gasteiger partial charge on any atom is -0.289 e. The van der Waals surface area contributed by atoms with Crippen molar-refractivity contribution in [2.24, 2.45) is 5.92 Å². The molecule has 0 bridgehead atoms. The van der Waals surface area contributed by atoms with E-state index < -0.39 is 23.8 Å². The minimum absolute atomic E-state index is 0.247. The Hall–Kier alpha value is -2.50. The molecule has 4 amide bonds. The van der Waals surface area contributed by atoms with Crippen molar-refractivity contribution in [1.82, 2.24) is 10.6 Å². The Morgan fingerprint density at radius 1 is 0.941 bits per heavy atom. The SMILES string of the molecule is O=C1NC(=O)C(/C=C2/C=CC=CC2=O)C(=O)N1. The van der Waals surface area contributed by atoms with E-state index >= 15 is 0 Å². The van der Waals surface area contributed by atoms with Crippen LogP contribution in [0.5, 0.6) is 0 Å². The standard InChI is InChI=1S/C11H8N2O4/c14-8-4-2-1-3-6(8)5-7-9(15)12-11(17)13-10(7)16/h1-5,7H,(H2,12,13,15,16,17)/b6-5-. The molecule has 0 aromatic rings. The highest BCUT2D eigenvalue weighted by Gasteiger charge is 2.33. The normalized spacial score (nSPS) is 22.9. The number of rotatable bonds is 1. The number of carbonyl (C=O) groups is 4. The fourth-order valence-corrected chi connectivity index (χ4v) is 1.48. The molecule has 0 atom stereocenters. The van der Waals surface area contributed by atoms with Crippen LogP contribution in [0.1, 0.15) is 0 Å². The van der Waals surface area contributed by atoms with Crippen LogP contribution < -0.4 is 10.6 Å². The first-order valence-corrected chi connectivity index (χ1v) is 4.84. The van der Waals surface area contributed by atoms with Gasteiger partial charge < -0.3 is 0 Å². The predicted octanol–water partition coefficient (Wildman–Crippen LogP) is -0.410. The van der Waals surface area contributed by atoms with Gasteiger partial charge >= 0.3 is 6.03 Å². The van der Waals surface area contributed by atoms with Crippen molar-refractivity contribution in [3.05, 3.63) is 36.0 Å². The quantitative estimate of drug-likeness (QED) is 0.475. The number of imide groups is 2. The molecule has 0 saturated carbocycles. The maximum absolute atomic E-state index is 11.4. The number of carbonyl (C=O) groups excluding carboxylic acids is 4. The third-order valence-corrected chi connectivity index (χ3v) is 2.30. The molecule has 0 aromatic carbocycles. The van der Waals surface area contributed by atoms with Crippen LogP contribution in [0.15, 0.2) is 36.0 Å². The summed E-state index contributed by atoms with van der Waals surface area (Å²) in [6.07, 6.45) is 7.25. The predicted molar refractivity (Wildman–Crippen MR) is 56.5 cm³/mol. The zero-order chi connectivity index (χ0) is 12.4. The van der Waals surface area contributed by atoms with Crippen molar-refractivity contribution < 1.29 is 19.2 Å². The molecule has 2 aliphatic rings. The first-order chi connectivity index (χ1) is 8.08. The smallest absolute Gasteiger partial charge is 0.289 e. The van der Waals surface area contributed by atoms with Crippen LogP contribution >= 0.6 is 0 Å². The lowest BCUT2D eigenvalue weighted by Crippen LogP contribution is -2.55. The molecule has 1 aliphatic heterocycles. The monoisotopic (exact) mass is 232 g/mol. The summed E-state index contributed by atoms with van der Waals surface area (Å²) in [7, 11) is 0. The third kappa shape index (κ3) is 2.20. The third-order valence-electron chi connectivity index (χ3n) is 2.30. The van der Waals surface area contributed by atoms with Crippen molar-refractivity contribution in [2.75, 3.05) is 0 Å². The van der Waals surface area contributed by atoms with Gasteiger partial charge in [-0.3, -0.25) is 25.0 Å². The molecule has 2 rings (SSSR count). The number of barbiturate groups is 1. The highest BCUT2D eigenvalue weighted by atomic mass is 16.2. The summed E-state index contributed by atoms with van der Waals surface area (Å²) in [6.45, 7) is 0. The van der Waals surface area contributed by atoms with E-state index in [2.05, 4.69) is 0 Å². The highest BCUT2D eigenvalue weighted by molar-refractivity contribution is 6.18. The number of amides is 4. The van der Waals surface area contributed by atoms with Gasteiger partial charge in [-0.25, -0.2) is 4.79 Å². The molecule has 1 heterocycles. The Balaban J connectivity index is 2.26. The Labute approximate surface area is 96.1 Å². The summed E-state index contributed by atoms with van der Waals surface area (Å²) in [6, 6.07) is -0.847. The molecule has 2 N–H and O–H groups in total. The molecule has 6 nitrogen and oxygen atoms in total. The molecule has 1 fully saturated rings. The van der Waals surface area contributed by atoms with Crippen molar-refractivity contribution >= 4 is 23.6 Å². The number of nitrogens with one attached hydrogen (secondary N) is 2. The Bertz CT molecular complexity index is 494. The number of hydrogen-bond donors (Lipinski definition) is 2. The molecule has 86 valence electrons. The summed E-state index contributed by atoms with van der Waals surface area (Å²) < 4.78 is 0. The average molecular weight is 232 g/mol. The zero-order valence-corrected chi connectivity index (χ0v) is 8.60. The Morgan fingerprint density at radius 3 is 2.12 bits per heavy atom. The van der Waals surface area contributed by atoms with Gasteiger partial charge in [0.1, 0.15) is 5.92 Å². The first-order valence-electron chi connectivity index (χ1n) is 4.84. The van der Waals surface area contributed by atoms with E-state index in [1.54, 1.807) is 12.2 Å². The van der Waals surface area contributed by atoms with Gasteiger partial charge in [-0.1, -0.05) is 24.3 Å². The van der Waals surface area contributed by atoms with Gasteiger partial charge in [0, 0.05) is 5.57 Å². The second-order valence-corrected chi connectivity index (χ2v) is 3.49. The van der Waals surface area contributed by atoms with E-state index in [0.29, 0.717) is 0 Å². The van der Waals surface area contributed by atoms with Crippen LogP contribution in [0.4, 0.5) is 4.79 Å². The van der Waals surface area contributed by atoms with E-state index in [1.807, 2.05) is 10.6 Å². The highest BCUT2D eigenvalue weighted by Crippen LogP contribution is 2.12. The van der Waals surface area contributed by atoms with Gasteiger partial charge in [0.25, 0.3) is 0 Å². The fraction of sp³-hybridized carbons (Fsp3) is 0.0909. The summed E-state index contributed by atoms with van der Waals surface area (Å²) in [5.41, 5.74) is 0.247. The lowest BCUT2D eigenvalue weighted by atomic mass is 9.98. The molecule has 0 unspecified atom stereocenters. The van der Waals surface area contributed by atoms with Gasteiger partial charge in [-0.15, -0.1) is 0 Å². The molecular formula is C11H8N2O4. The lowest BCUT2D eigenvalue weighted by Gasteiger charge is -2.18. The zero-order valence-electron chi connectivity index (χ0n) is 8.60. The lowest BCUT2D eigenvalue weighted by molar-refractivity contribution is -0.133. The molecular weight excluding hydrogens is 224 g/mol. The van der Waals surface area contributed by atoms with Crippen molar-refractivity contribution in [1.29, 1.82) is 0 Å². The van der Waals surface area contributed by atoms with E-state index in [1.165, 1.54) is 18.2 Å². The van der Waals surface area contributed by atoms with Crippen LogP contribution in [-0.2, 0) is 14.4 Å². The van der Waals surface area contributed by atoms with Gasteiger partial charge in [-0.05, 0) is 6.08 Å². The molecule has 1 aliphatic carbocycles. The van der Waals surface area contributed by atoms with Crippen LogP contribution in [0.3, 0.4) is 0 Å². The van der Waals surface area contributed by atoms with Crippen molar-refractivity contribution in [3.63, 3.8) is 0 Å². The topological polar surface area (TPSA) is 92.3 Å². The molecule has 0 aromatic heterocycles. The van der Waals surface area contributed by atoms with Crippen LogP contribution in [0.2, 0.25) is 0 Å². The Kier molecular flexibility index (Phi) is 2.70. The van der Waals surface area contributed by atoms with Crippen LogP contribution in [0, 0.1) is 5.92 Å². The van der Waals surface area contributed by atoms with Crippen molar-refractivity contribution in [3.8, 4) is 0 Å². The summed E-state index contributed by atoms with van der Waals surface area (Å²) in [5.74, 6) is -2.92. The number of ketones is 1. The number of allylic oxidation sites excluding steroid dienone is 5. The van der Waals surface area contributed by atoms with Gasteiger partial charge in [0.2, 0.25) is 11.8 Å². The summed E-state index contributed by atoms with van der Waals surface area (Å²) in [4.78, 5) is 45.0. The number of urea groups is 1. The van der Waals surface area contributed by atoms with E-state index in [-0.39, 0.29) is 11.4 Å². The van der Waals surface area contributed by atoms with E-state index in [4.69, 9.17) is 0 Å². The second kappa shape index (κ2) is 4.17. The first kappa shape index (κ1) is 11.0. The maximum Gasteiger partial charge on any atom is 0.328 e. The maximum atomic E-state index is 11.4. The van der Waals surface area contributed by atoms with Crippen LogP contribution in [-0.4, -0.2) is 23.6 Å². The van der Waals surface area contributed by atoms with E-state index in [9.17, 15) is 19.2 Å². The molecule has 0 radical (unpaired) electrons. The van der Waals surface area contributed by atoms with Crippen LogP contribution in [0.25, 0.3) is 0 Å². The fourth-order valence-electron chi connectivity index (χ4n) is 1.48.